The molecule has 0 rings (SSSR count). The summed E-state index contributed by atoms with van der Waals surface area (Å²) in [5.74, 6) is 0. The number of rotatable bonds is 10. The van der Waals surface area contributed by atoms with Gasteiger partial charge in [0.1, 0.15) is 0 Å². The molecule has 0 bridgehead atoms. The van der Waals surface area contributed by atoms with Crippen LogP contribution in [0, 0.1) is 0 Å². The lowest BCUT2D eigenvalue weighted by atomic mass is 10.2. The Kier molecular flexibility index (Phi) is 10.9. The first-order valence-corrected chi connectivity index (χ1v) is 6.20. The molecule has 0 amide bonds. The molecule has 0 atom stereocenters. The smallest absolute Gasteiger partial charge is 0.00218 e. The van der Waals surface area contributed by atoms with Gasteiger partial charge in [0, 0.05) is 0 Å². The Labute approximate surface area is 90.1 Å². The molecule has 0 radical (unpaired) electrons. The number of hydrogen-bond donors (Lipinski definition) is 1. The molecular formula is C12H28N2. The fraction of sp³-hybridized carbons (Fsp3) is 1.00. The summed E-state index contributed by atoms with van der Waals surface area (Å²) in [7, 11) is 2.22. The molecule has 86 valence electrons. The highest BCUT2D eigenvalue weighted by molar-refractivity contribution is 4.52. The Bertz CT molecular complexity index is 104. The standard InChI is InChI=1S/C12H28N2/c1-4-11-14(3)12-9-7-6-8-10-13-5-2/h13H,4-12H2,1-3H3. The summed E-state index contributed by atoms with van der Waals surface area (Å²) < 4.78 is 0. The zero-order valence-electron chi connectivity index (χ0n) is 10.3. The second-order valence-electron chi connectivity index (χ2n) is 4.07. The van der Waals surface area contributed by atoms with Crippen LogP contribution in [0.2, 0.25) is 0 Å². The average Bonchev–Trinajstić information content (AvgIpc) is 2.17. The molecule has 0 saturated carbocycles. The van der Waals surface area contributed by atoms with Gasteiger partial charge in [-0.25, -0.2) is 0 Å². The van der Waals surface area contributed by atoms with Crippen LogP contribution in [0.1, 0.15) is 46.0 Å². The van der Waals surface area contributed by atoms with Gasteiger partial charge in [-0.2, -0.15) is 0 Å². The van der Waals surface area contributed by atoms with E-state index in [2.05, 4.69) is 31.1 Å². The normalized spacial score (nSPS) is 11.1. The topological polar surface area (TPSA) is 15.3 Å². The van der Waals surface area contributed by atoms with Gasteiger partial charge in [-0.15, -0.1) is 0 Å². The minimum atomic E-state index is 1.11. The fourth-order valence-electron chi connectivity index (χ4n) is 1.66. The largest absolute Gasteiger partial charge is 0.317 e. The molecule has 0 unspecified atom stereocenters. The van der Waals surface area contributed by atoms with Crippen LogP contribution in [0.15, 0.2) is 0 Å². The third-order valence-corrected chi connectivity index (χ3v) is 2.50. The van der Waals surface area contributed by atoms with Gasteiger partial charge in [-0.3, -0.25) is 0 Å². The van der Waals surface area contributed by atoms with Gasteiger partial charge in [0.25, 0.3) is 0 Å². The Hall–Kier alpha value is -0.0800. The summed E-state index contributed by atoms with van der Waals surface area (Å²) in [6, 6.07) is 0. The predicted octanol–water partition coefficient (Wildman–Crippen LogP) is 2.50. The molecular weight excluding hydrogens is 172 g/mol. The van der Waals surface area contributed by atoms with Crippen LogP contribution in [0.25, 0.3) is 0 Å². The predicted molar refractivity (Wildman–Crippen MR) is 64.8 cm³/mol. The van der Waals surface area contributed by atoms with Crippen LogP contribution in [-0.2, 0) is 0 Å². The highest BCUT2D eigenvalue weighted by Gasteiger charge is 1.95. The zero-order chi connectivity index (χ0) is 10.6. The van der Waals surface area contributed by atoms with E-state index in [0.29, 0.717) is 0 Å². The van der Waals surface area contributed by atoms with E-state index in [1.54, 1.807) is 0 Å². The van der Waals surface area contributed by atoms with Crippen molar-refractivity contribution in [1.29, 1.82) is 0 Å². The van der Waals surface area contributed by atoms with E-state index in [1.807, 2.05) is 0 Å². The van der Waals surface area contributed by atoms with Gasteiger partial charge >= 0.3 is 0 Å². The highest BCUT2D eigenvalue weighted by atomic mass is 15.1. The van der Waals surface area contributed by atoms with Crippen molar-refractivity contribution in [3.05, 3.63) is 0 Å². The summed E-state index contributed by atoms with van der Waals surface area (Å²) in [6.07, 6.45) is 6.75. The van der Waals surface area contributed by atoms with Crippen LogP contribution in [-0.4, -0.2) is 38.1 Å². The molecule has 0 saturated heterocycles. The third-order valence-electron chi connectivity index (χ3n) is 2.50. The summed E-state index contributed by atoms with van der Waals surface area (Å²) in [5.41, 5.74) is 0. The van der Waals surface area contributed by atoms with E-state index < -0.39 is 0 Å². The molecule has 14 heavy (non-hydrogen) atoms. The van der Waals surface area contributed by atoms with E-state index in [-0.39, 0.29) is 0 Å². The number of hydrogen-bond acceptors (Lipinski definition) is 2. The first-order valence-electron chi connectivity index (χ1n) is 6.20. The van der Waals surface area contributed by atoms with Gasteiger partial charge in [0.15, 0.2) is 0 Å². The molecule has 0 heterocycles. The van der Waals surface area contributed by atoms with E-state index in [0.717, 1.165) is 6.54 Å². The number of nitrogens with zero attached hydrogens (tertiary/aromatic N) is 1. The Balaban J connectivity index is 2.98. The van der Waals surface area contributed by atoms with Crippen molar-refractivity contribution >= 4 is 0 Å². The van der Waals surface area contributed by atoms with Crippen molar-refractivity contribution in [3.8, 4) is 0 Å². The van der Waals surface area contributed by atoms with Crippen molar-refractivity contribution in [2.24, 2.45) is 0 Å². The lowest BCUT2D eigenvalue weighted by Gasteiger charge is -2.14. The van der Waals surface area contributed by atoms with Crippen LogP contribution in [0.5, 0.6) is 0 Å². The minimum absolute atomic E-state index is 1.11. The Morgan fingerprint density at radius 2 is 1.64 bits per heavy atom. The van der Waals surface area contributed by atoms with Gasteiger partial charge in [-0.05, 0) is 52.5 Å². The molecule has 0 aromatic carbocycles. The molecule has 2 heteroatoms. The second kappa shape index (κ2) is 11.0. The van der Waals surface area contributed by atoms with Crippen LogP contribution in [0.3, 0.4) is 0 Å². The van der Waals surface area contributed by atoms with Crippen LogP contribution < -0.4 is 5.32 Å². The first kappa shape index (κ1) is 13.9. The maximum Gasteiger partial charge on any atom is -0.00218 e. The maximum atomic E-state index is 3.36. The fourth-order valence-corrected chi connectivity index (χ4v) is 1.66. The van der Waals surface area contributed by atoms with Gasteiger partial charge < -0.3 is 10.2 Å². The monoisotopic (exact) mass is 200 g/mol. The second-order valence-corrected chi connectivity index (χ2v) is 4.07. The third kappa shape index (κ3) is 10.0. The number of nitrogens with one attached hydrogen (secondary N) is 1. The minimum Gasteiger partial charge on any atom is -0.317 e. The molecule has 0 aliphatic carbocycles. The molecule has 1 N–H and O–H groups in total. The summed E-state index contributed by atoms with van der Waals surface area (Å²) in [5, 5.41) is 3.36. The average molecular weight is 200 g/mol. The molecule has 0 fully saturated rings. The Morgan fingerprint density at radius 3 is 2.29 bits per heavy atom. The lowest BCUT2D eigenvalue weighted by molar-refractivity contribution is 0.324. The molecule has 0 aromatic heterocycles. The van der Waals surface area contributed by atoms with Gasteiger partial charge in [0.2, 0.25) is 0 Å². The van der Waals surface area contributed by atoms with Crippen LogP contribution in [0.4, 0.5) is 0 Å². The van der Waals surface area contributed by atoms with E-state index in [9.17, 15) is 0 Å². The zero-order valence-corrected chi connectivity index (χ0v) is 10.3. The quantitative estimate of drug-likeness (QED) is 0.545. The summed E-state index contributed by atoms with van der Waals surface area (Å²) in [6.45, 7) is 9.24. The lowest BCUT2D eigenvalue weighted by Crippen LogP contribution is -2.20. The van der Waals surface area contributed by atoms with Gasteiger partial charge in [0.05, 0.1) is 0 Å². The van der Waals surface area contributed by atoms with Crippen molar-refractivity contribution in [1.82, 2.24) is 10.2 Å². The molecule has 0 aromatic rings. The van der Waals surface area contributed by atoms with E-state index >= 15 is 0 Å². The van der Waals surface area contributed by atoms with Crippen molar-refractivity contribution in [3.63, 3.8) is 0 Å². The summed E-state index contributed by atoms with van der Waals surface area (Å²) >= 11 is 0. The van der Waals surface area contributed by atoms with Crippen molar-refractivity contribution < 1.29 is 0 Å². The molecule has 0 aliphatic heterocycles. The van der Waals surface area contributed by atoms with Crippen molar-refractivity contribution in [2.45, 2.75) is 46.0 Å². The maximum absolute atomic E-state index is 3.36. The van der Waals surface area contributed by atoms with E-state index in [4.69, 9.17) is 0 Å². The first-order chi connectivity index (χ1) is 6.81. The summed E-state index contributed by atoms with van der Waals surface area (Å²) in [4.78, 5) is 2.43. The van der Waals surface area contributed by atoms with Crippen molar-refractivity contribution in [2.75, 3.05) is 33.2 Å². The van der Waals surface area contributed by atoms with Gasteiger partial charge in [-0.1, -0.05) is 26.7 Å². The molecule has 0 spiro atoms. The van der Waals surface area contributed by atoms with Crippen LogP contribution >= 0.6 is 0 Å². The molecule has 2 nitrogen and oxygen atoms in total. The SMILES string of the molecule is CCCN(C)CCCCCCNCC. The highest BCUT2D eigenvalue weighted by Crippen LogP contribution is 2.00. The number of unbranched alkanes of at least 4 members (excludes halogenated alkanes) is 3. The van der Waals surface area contributed by atoms with E-state index in [1.165, 1.54) is 51.7 Å². The molecule has 0 aliphatic rings. The Morgan fingerprint density at radius 1 is 0.929 bits per heavy atom.